The Balaban J connectivity index is 1.94. The Bertz CT molecular complexity index is 811. The fourth-order valence-corrected chi connectivity index (χ4v) is 3.24. The molecule has 0 aromatic heterocycles. The fraction of sp³-hybridized carbons (Fsp3) is 0.316. The van der Waals surface area contributed by atoms with Gasteiger partial charge in [-0.3, -0.25) is 4.79 Å². The van der Waals surface area contributed by atoms with Crippen molar-refractivity contribution in [3.05, 3.63) is 64.2 Å². The van der Waals surface area contributed by atoms with Crippen LogP contribution in [0.15, 0.2) is 36.4 Å². The molecule has 1 saturated carbocycles. The van der Waals surface area contributed by atoms with Crippen molar-refractivity contribution in [1.29, 1.82) is 0 Å². The summed E-state index contributed by atoms with van der Waals surface area (Å²) >= 11 is 2.94. The Hall–Kier alpha value is -1.82. The van der Waals surface area contributed by atoms with E-state index in [-0.39, 0.29) is 17.0 Å². The predicted molar refractivity (Wildman–Crippen MR) is 92.2 cm³/mol. The van der Waals surface area contributed by atoms with Crippen LogP contribution in [0.25, 0.3) is 0 Å². The van der Waals surface area contributed by atoms with Crippen molar-refractivity contribution in [2.75, 3.05) is 0 Å². The van der Waals surface area contributed by atoms with Crippen LogP contribution < -0.4 is 4.74 Å². The molecule has 0 spiro atoms. The average molecular weight is 413 g/mol. The first-order valence-corrected chi connectivity index (χ1v) is 8.69. The highest BCUT2D eigenvalue weighted by Crippen LogP contribution is 2.43. The number of benzene rings is 2. The Morgan fingerprint density at radius 3 is 2.56 bits per heavy atom. The number of rotatable bonds is 5. The molecule has 1 aliphatic rings. The summed E-state index contributed by atoms with van der Waals surface area (Å²) in [4.78, 5) is 11.8. The molecule has 3 rings (SSSR count). The first-order chi connectivity index (χ1) is 11.8. The van der Waals surface area contributed by atoms with E-state index < -0.39 is 11.7 Å². The van der Waals surface area contributed by atoms with E-state index >= 15 is 0 Å². The van der Waals surface area contributed by atoms with Gasteiger partial charge in [-0.05, 0) is 59.3 Å². The molecule has 6 heteroatoms. The zero-order valence-electron chi connectivity index (χ0n) is 13.5. The summed E-state index contributed by atoms with van der Waals surface area (Å²) in [5.41, 5.74) is 1.77. The maximum absolute atomic E-state index is 13.2. The number of hydrogen-bond donors (Lipinski definition) is 0. The van der Waals surface area contributed by atoms with Crippen LogP contribution in [0.3, 0.4) is 0 Å². The van der Waals surface area contributed by atoms with Crippen molar-refractivity contribution < 1.29 is 22.7 Å². The van der Waals surface area contributed by atoms with Crippen molar-refractivity contribution in [2.45, 2.75) is 38.5 Å². The monoisotopic (exact) mass is 412 g/mol. The number of carbonyl (C=O) groups excluding carboxylic acids is 1. The summed E-state index contributed by atoms with van der Waals surface area (Å²) in [6.07, 6.45) is -2.46. The van der Waals surface area contributed by atoms with E-state index in [0.717, 1.165) is 24.5 Å². The van der Waals surface area contributed by atoms with E-state index in [2.05, 4.69) is 15.9 Å². The van der Waals surface area contributed by atoms with Crippen LogP contribution in [0.2, 0.25) is 0 Å². The van der Waals surface area contributed by atoms with Crippen molar-refractivity contribution in [2.24, 2.45) is 0 Å². The van der Waals surface area contributed by atoms with E-state index in [0.29, 0.717) is 22.6 Å². The first kappa shape index (κ1) is 18.0. The highest BCUT2D eigenvalue weighted by molar-refractivity contribution is 9.18. The minimum absolute atomic E-state index is 0.0779. The molecule has 0 heterocycles. The molecule has 0 bridgehead atoms. The molecule has 0 radical (unpaired) electrons. The first-order valence-electron chi connectivity index (χ1n) is 7.89. The van der Waals surface area contributed by atoms with Gasteiger partial charge in [0.15, 0.2) is 0 Å². The molecule has 1 fully saturated rings. The van der Waals surface area contributed by atoms with Crippen molar-refractivity contribution >= 4 is 20.6 Å². The average Bonchev–Trinajstić information content (AvgIpc) is 3.37. The highest BCUT2D eigenvalue weighted by atomic mass is 79.9. The maximum atomic E-state index is 13.2. The zero-order chi connectivity index (χ0) is 18.2. The van der Waals surface area contributed by atoms with Gasteiger partial charge in [0.2, 0.25) is 4.69 Å². The Morgan fingerprint density at radius 1 is 1.24 bits per heavy atom. The highest BCUT2D eigenvalue weighted by Gasteiger charge is 2.35. The Labute approximate surface area is 152 Å². The summed E-state index contributed by atoms with van der Waals surface area (Å²) in [5, 5.41) is 0. The van der Waals surface area contributed by atoms with Crippen LogP contribution in [-0.4, -0.2) is 4.69 Å². The summed E-state index contributed by atoms with van der Waals surface area (Å²) in [5.74, 6) is 0.127. The van der Waals surface area contributed by atoms with E-state index in [9.17, 15) is 18.0 Å². The van der Waals surface area contributed by atoms with Gasteiger partial charge in [-0.1, -0.05) is 29.8 Å². The van der Waals surface area contributed by atoms with Gasteiger partial charge < -0.3 is 4.74 Å². The summed E-state index contributed by atoms with van der Waals surface area (Å²) in [6, 6.07) is 9.33. The minimum atomic E-state index is -4.49. The van der Waals surface area contributed by atoms with Crippen LogP contribution in [0.4, 0.5) is 13.2 Å². The van der Waals surface area contributed by atoms with Crippen LogP contribution >= 0.6 is 15.9 Å². The number of aryl methyl sites for hydroxylation is 1. The SMILES string of the molecule is Cc1ccc(OCc2c(C(=O)Br)cccc2C2CC2)c(C(F)(F)F)c1. The van der Waals surface area contributed by atoms with Gasteiger partial charge in [-0.2, -0.15) is 13.2 Å². The molecule has 25 heavy (non-hydrogen) atoms. The minimum Gasteiger partial charge on any atom is -0.488 e. The molecule has 0 atom stereocenters. The smallest absolute Gasteiger partial charge is 0.419 e. The molecule has 2 aromatic rings. The summed E-state index contributed by atoms with van der Waals surface area (Å²) in [6.45, 7) is 1.52. The second-order valence-electron chi connectivity index (χ2n) is 6.21. The van der Waals surface area contributed by atoms with Gasteiger partial charge in [0.05, 0.1) is 5.56 Å². The largest absolute Gasteiger partial charge is 0.488 e. The van der Waals surface area contributed by atoms with Crippen LogP contribution in [0.5, 0.6) is 5.75 Å². The number of alkyl halides is 3. The van der Waals surface area contributed by atoms with Crippen LogP contribution in [-0.2, 0) is 12.8 Å². The van der Waals surface area contributed by atoms with Crippen molar-refractivity contribution in [3.63, 3.8) is 0 Å². The van der Waals surface area contributed by atoms with Gasteiger partial charge in [0, 0.05) is 11.1 Å². The molecule has 0 amide bonds. The molecule has 0 N–H and O–H groups in total. The third-order valence-corrected chi connectivity index (χ3v) is 4.68. The van der Waals surface area contributed by atoms with Gasteiger partial charge >= 0.3 is 6.18 Å². The van der Waals surface area contributed by atoms with Gasteiger partial charge in [-0.15, -0.1) is 0 Å². The predicted octanol–water partition coefficient (Wildman–Crippen LogP) is 6.01. The maximum Gasteiger partial charge on any atom is 0.419 e. The Kier molecular flexibility index (Phi) is 4.91. The molecule has 2 nitrogen and oxygen atoms in total. The third kappa shape index (κ3) is 4.06. The second-order valence-corrected chi connectivity index (χ2v) is 6.93. The molecule has 0 saturated heterocycles. The number of hydrogen-bond acceptors (Lipinski definition) is 2. The topological polar surface area (TPSA) is 26.3 Å². The van der Waals surface area contributed by atoms with E-state index in [1.165, 1.54) is 6.07 Å². The van der Waals surface area contributed by atoms with Crippen LogP contribution in [0.1, 0.15) is 51.4 Å². The number of halogens is 4. The lowest BCUT2D eigenvalue weighted by Crippen LogP contribution is -2.11. The summed E-state index contributed by atoms with van der Waals surface area (Å²) in [7, 11) is 0. The normalized spacial score (nSPS) is 14.4. The zero-order valence-corrected chi connectivity index (χ0v) is 15.1. The van der Waals surface area contributed by atoms with Gasteiger partial charge in [0.1, 0.15) is 12.4 Å². The van der Waals surface area contributed by atoms with Crippen molar-refractivity contribution in [3.8, 4) is 5.75 Å². The lowest BCUT2D eigenvalue weighted by Gasteiger charge is -2.17. The molecule has 0 unspecified atom stereocenters. The molecule has 132 valence electrons. The van der Waals surface area contributed by atoms with Crippen molar-refractivity contribution in [1.82, 2.24) is 0 Å². The number of carbonyl (C=O) groups is 1. The lowest BCUT2D eigenvalue weighted by atomic mass is 9.99. The quantitative estimate of drug-likeness (QED) is 0.562. The third-order valence-electron chi connectivity index (χ3n) is 4.25. The molecular weight excluding hydrogens is 397 g/mol. The van der Waals surface area contributed by atoms with E-state index in [4.69, 9.17) is 4.74 Å². The molecule has 1 aliphatic carbocycles. The molecule has 2 aromatic carbocycles. The fourth-order valence-electron chi connectivity index (χ4n) is 2.87. The van der Waals surface area contributed by atoms with Gasteiger partial charge in [-0.25, -0.2) is 0 Å². The Morgan fingerprint density at radius 2 is 1.96 bits per heavy atom. The standard InChI is InChI=1S/C19H16BrF3O2/c1-11-5-8-17(16(9-11)19(21,22)23)25-10-15-13(12-6-7-12)3-2-4-14(15)18(20)24/h2-5,8-9,12H,6-7,10H2,1H3. The second kappa shape index (κ2) is 6.83. The van der Waals surface area contributed by atoms with Gasteiger partial charge in [0.25, 0.3) is 0 Å². The van der Waals surface area contributed by atoms with Crippen LogP contribution in [0, 0.1) is 6.92 Å². The number of ether oxygens (including phenoxy) is 1. The molecular formula is C19H16BrF3O2. The lowest BCUT2D eigenvalue weighted by molar-refractivity contribution is -0.139. The van der Waals surface area contributed by atoms with E-state index in [1.54, 1.807) is 25.1 Å². The molecule has 0 aliphatic heterocycles. The van der Waals surface area contributed by atoms with E-state index in [1.807, 2.05) is 6.07 Å². The summed E-state index contributed by atoms with van der Waals surface area (Å²) < 4.78 is 44.9.